The van der Waals surface area contributed by atoms with Crippen LogP contribution in [0.25, 0.3) is 0 Å². The summed E-state index contributed by atoms with van der Waals surface area (Å²) in [6, 6.07) is 1.19. The molecule has 0 radical (unpaired) electrons. The molecule has 0 aromatic carbocycles. The fourth-order valence-electron chi connectivity index (χ4n) is 1.12. The Balaban J connectivity index is 3.34. The van der Waals surface area contributed by atoms with Gasteiger partial charge >= 0.3 is 5.97 Å². The van der Waals surface area contributed by atoms with Gasteiger partial charge in [0.15, 0.2) is 5.69 Å². The second-order valence-corrected chi connectivity index (χ2v) is 3.61. The van der Waals surface area contributed by atoms with Gasteiger partial charge in [-0.05, 0) is 34.5 Å². The van der Waals surface area contributed by atoms with Gasteiger partial charge < -0.3 is 4.74 Å². The summed E-state index contributed by atoms with van der Waals surface area (Å²) in [6.45, 7) is 1.41. The van der Waals surface area contributed by atoms with Crippen molar-refractivity contribution < 1.29 is 18.3 Å². The molecule has 82 valence electrons. The summed E-state index contributed by atoms with van der Waals surface area (Å²) < 4.78 is 29.7. The lowest BCUT2D eigenvalue weighted by atomic mass is 10.1. The van der Waals surface area contributed by atoms with Crippen LogP contribution in [-0.2, 0) is 4.74 Å². The van der Waals surface area contributed by atoms with Crippen LogP contribution in [0.5, 0.6) is 0 Å². The highest BCUT2D eigenvalue weighted by Gasteiger charge is 2.20. The molecule has 0 spiro atoms. The molecule has 0 aliphatic rings. The molecule has 0 saturated heterocycles. The van der Waals surface area contributed by atoms with E-state index in [1.54, 1.807) is 0 Å². The molecule has 0 aliphatic heterocycles. The summed E-state index contributed by atoms with van der Waals surface area (Å²) in [5, 5.41) is 0. The topological polar surface area (TPSA) is 39.2 Å². The first kappa shape index (κ1) is 12.0. The maximum atomic E-state index is 12.6. The Morgan fingerprint density at radius 3 is 2.67 bits per heavy atom. The number of methoxy groups -OCH3 is 1. The predicted octanol–water partition coefficient (Wildman–Crippen LogP) is 2.88. The minimum absolute atomic E-state index is 0.0952. The van der Waals surface area contributed by atoms with E-state index in [1.807, 2.05) is 0 Å². The van der Waals surface area contributed by atoms with Crippen molar-refractivity contribution in [1.82, 2.24) is 4.98 Å². The summed E-state index contributed by atoms with van der Waals surface area (Å²) in [7, 11) is 1.17. The molecule has 0 fully saturated rings. The lowest BCUT2D eigenvalue weighted by Gasteiger charge is -2.09. The molecule has 0 saturated carbocycles. The molecular weight excluding hydrogens is 272 g/mol. The van der Waals surface area contributed by atoms with E-state index in [-0.39, 0.29) is 21.4 Å². The summed E-state index contributed by atoms with van der Waals surface area (Å²) in [5.74, 6) is -0.726. The Kier molecular flexibility index (Phi) is 3.73. The number of rotatable bonds is 2. The zero-order valence-electron chi connectivity index (χ0n) is 8.05. The molecule has 0 atom stereocenters. The van der Waals surface area contributed by atoms with Gasteiger partial charge in [-0.1, -0.05) is 0 Å². The van der Waals surface area contributed by atoms with Crippen LogP contribution in [0.4, 0.5) is 8.78 Å². The second-order valence-electron chi connectivity index (χ2n) is 2.80. The average molecular weight is 280 g/mol. The van der Waals surface area contributed by atoms with Crippen LogP contribution in [-0.4, -0.2) is 18.1 Å². The monoisotopic (exact) mass is 279 g/mol. The Labute approximate surface area is 93.6 Å². The van der Waals surface area contributed by atoms with E-state index in [0.29, 0.717) is 0 Å². The van der Waals surface area contributed by atoms with E-state index in [2.05, 4.69) is 25.7 Å². The highest BCUT2D eigenvalue weighted by molar-refractivity contribution is 9.10. The first-order valence-electron chi connectivity index (χ1n) is 4.01. The van der Waals surface area contributed by atoms with Crippen molar-refractivity contribution in [2.45, 2.75) is 13.3 Å². The van der Waals surface area contributed by atoms with E-state index >= 15 is 0 Å². The fraction of sp³-hybridized carbons (Fsp3) is 0.333. The van der Waals surface area contributed by atoms with E-state index in [1.165, 1.54) is 20.1 Å². The number of carbonyl (C=O) groups excluding carboxylic acids is 1. The number of hydrogen-bond donors (Lipinski definition) is 0. The molecule has 0 N–H and O–H groups in total. The smallest absolute Gasteiger partial charge is 0.356 e. The summed E-state index contributed by atoms with van der Waals surface area (Å²) in [6.07, 6.45) is -2.65. The SMILES string of the molecule is COC(=O)c1nc(Br)cc(C(F)F)c1C. The third-order valence-corrected chi connectivity index (χ3v) is 2.30. The van der Waals surface area contributed by atoms with Gasteiger partial charge in [0.05, 0.1) is 7.11 Å². The summed E-state index contributed by atoms with van der Waals surface area (Å²) in [4.78, 5) is 15.0. The van der Waals surface area contributed by atoms with Gasteiger partial charge in [0.25, 0.3) is 6.43 Å². The molecule has 1 rings (SSSR count). The number of aromatic nitrogens is 1. The number of esters is 1. The van der Waals surface area contributed by atoms with E-state index in [0.717, 1.165) is 0 Å². The number of halogens is 3. The van der Waals surface area contributed by atoms with Gasteiger partial charge in [0, 0.05) is 5.56 Å². The van der Waals surface area contributed by atoms with Gasteiger partial charge in [-0.2, -0.15) is 0 Å². The fourth-order valence-corrected chi connectivity index (χ4v) is 1.54. The largest absolute Gasteiger partial charge is 0.464 e. The zero-order chi connectivity index (χ0) is 11.6. The van der Waals surface area contributed by atoms with Crippen molar-refractivity contribution in [2.75, 3.05) is 7.11 Å². The maximum Gasteiger partial charge on any atom is 0.356 e. The molecule has 0 amide bonds. The number of nitrogens with zero attached hydrogens (tertiary/aromatic N) is 1. The molecular formula is C9H8BrF2NO2. The Hall–Kier alpha value is -1.04. The molecule has 0 unspecified atom stereocenters. The quantitative estimate of drug-likeness (QED) is 0.617. The van der Waals surface area contributed by atoms with Gasteiger partial charge in [-0.15, -0.1) is 0 Å². The third kappa shape index (κ3) is 2.50. The maximum absolute atomic E-state index is 12.6. The van der Waals surface area contributed by atoms with Crippen LogP contribution in [0.2, 0.25) is 0 Å². The van der Waals surface area contributed by atoms with Gasteiger partial charge in [0.1, 0.15) is 4.60 Å². The third-order valence-electron chi connectivity index (χ3n) is 1.90. The van der Waals surface area contributed by atoms with E-state index in [4.69, 9.17) is 0 Å². The standard InChI is InChI=1S/C9H8BrF2NO2/c1-4-5(8(11)12)3-6(10)13-7(4)9(14)15-2/h3,8H,1-2H3. The summed E-state index contributed by atoms with van der Waals surface area (Å²) in [5.41, 5.74) is -0.181. The predicted molar refractivity (Wildman–Crippen MR) is 53.0 cm³/mol. The average Bonchev–Trinajstić information content (AvgIpc) is 2.19. The molecule has 3 nitrogen and oxygen atoms in total. The normalized spacial score (nSPS) is 10.5. The number of hydrogen-bond acceptors (Lipinski definition) is 3. The number of alkyl halides is 2. The molecule has 1 aromatic heterocycles. The molecule has 0 aliphatic carbocycles. The van der Waals surface area contributed by atoms with Crippen molar-refractivity contribution >= 4 is 21.9 Å². The Morgan fingerprint density at radius 1 is 1.60 bits per heavy atom. The number of pyridine rings is 1. The Bertz CT molecular complexity index is 396. The highest BCUT2D eigenvalue weighted by Crippen LogP contribution is 2.27. The van der Waals surface area contributed by atoms with Crippen molar-refractivity contribution in [1.29, 1.82) is 0 Å². The van der Waals surface area contributed by atoms with E-state index < -0.39 is 12.4 Å². The van der Waals surface area contributed by atoms with Gasteiger partial charge in [-0.3, -0.25) is 0 Å². The number of ether oxygens (including phenoxy) is 1. The van der Waals surface area contributed by atoms with Crippen LogP contribution in [0.3, 0.4) is 0 Å². The molecule has 1 aromatic rings. The number of carbonyl (C=O) groups is 1. The molecule has 15 heavy (non-hydrogen) atoms. The van der Waals surface area contributed by atoms with Gasteiger partial charge in [0.2, 0.25) is 0 Å². The minimum Gasteiger partial charge on any atom is -0.464 e. The second kappa shape index (κ2) is 4.65. The lowest BCUT2D eigenvalue weighted by molar-refractivity contribution is 0.0592. The zero-order valence-corrected chi connectivity index (χ0v) is 9.64. The van der Waals surface area contributed by atoms with Gasteiger partial charge in [-0.25, -0.2) is 18.6 Å². The van der Waals surface area contributed by atoms with Crippen molar-refractivity contribution in [3.8, 4) is 0 Å². The molecule has 1 heterocycles. The van der Waals surface area contributed by atoms with Crippen LogP contribution in [0.1, 0.15) is 28.0 Å². The van der Waals surface area contributed by atoms with E-state index in [9.17, 15) is 13.6 Å². The van der Waals surface area contributed by atoms with Crippen molar-refractivity contribution in [2.24, 2.45) is 0 Å². The van der Waals surface area contributed by atoms with Crippen LogP contribution >= 0.6 is 15.9 Å². The first-order chi connectivity index (χ1) is 6.97. The first-order valence-corrected chi connectivity index (χ1v) is 4.80. The van der Waals surface area contributed by atoms with Crippen molar-refractivity contribution in [3.63, 3.8) is 0 Å². The van der Waals surface area contributed by atoms with Crippen LogP contribution in [0, 0.1) is 6.92 Å². The molecule has 0 bridgehead atoms. The molecule has 6 heteroatoms. The van der Waals surface area contributed by atoms with Crippen LogP contribution < -0.4 is 0 Å². The summed E-state index contributed by atoms with van der Waals surface area (Å²) >= 11 is 2.96. The minimum atomic E-state index is -2.65. The van der Waals surface area contributed by atoms with Crippen LogP contribution in [0.15, 0.2) is 10.7 Å². The highest BCUT2D eigenvalue weighted by atomic mass is 79.9. The lowest BCUT2D eigenvalue weighted by Crippen LogP contribution is -2.09. The Morgan fingerprint density at radius 2 is 2.20 bits per heavy atom. The van der Waals surface area contributed by atoms with Crippen molar-refractivity contribution in [3.05, 3.63) is 27.5 Å².